The first-order chi connectivity index (χ1) is 18.4. The number of ether oxygens (including phenoxy) is 5. The fourth-order valence-corrected chi connectivity index (χ4v) is 4.45. The maximum absolute atomic E-state index is 13.6. The van der Waals surface area contributed by atoms with Gasteiger partial charge in [-0.2, -0.15) is 0 Å². The minimum Gasteiger partial charge on any atom is -0.507 e. The molecule has 3 aromatic carbocycles. The summed E-state index contributed by atoms with van der Waals surface area (Å²) in [4.78, 5) is 28.4. The van der Waals surface area contributed by atoms with Gasteiger partial charge in [-0.05, 0) is 55.0 Å². The van der Waals surface area contributed by atoms with Crippen molar-refractivity contribution in [3.63, 3.8) is 0 Å². The molecule has 4 rings (SSSR count). The van der Waals surface area contributed by atoms with Crippen LogP contribution in [0.2, 0.25) is 0 Å². The zero-order valence-electron chi connectivity index (χ0n) is 21.8. The minimum atomic E-state index is -0.997. The lowest BCUT2D eigenvalue weighted by molar-refractivity contribution is -0.132. The molecule has 1 unspecified atom stereocenters. The molecule has 1 aliphatic heterocycles. The first kappa shape index (κ1) is 26.4. The number of carbonyl (C=O) groups excluding carboxylic acids is 2. The molecule has 198 valence electrons. The van der Waals surface area contributed by atoms with Crippen LogP contribution in [-0.4, -0.2) is 51.8 Å². The van der Waals surface area contributed by atoms with E-state index in [1.54, 1.807) is 60.7 Å². The average molecular weight is 520 g/mol. The second kappa shape index (κ2) is 11.2. The Labute approximate surface area is 220 Å². The van der Waals surface area contributed by atoms with Crippen LogP contribution >= 0.6 is 0 Å². The summed E-state index contributed by atoms with van der Waals surface area (Å²) in [7, 11) is 5.97. The van der Waals surface area contributed by atoms with E-state index >= 15 is 0 Å². The number of benzene rings is 3. The molecule has 38 heavy (non-hydrogen) atoms. The maximum atomic E-state index is 13.6. The molecular weight excluding hydrogens is 490 g/mol. The van der Waals surface area contributed by atoms with Gasteiger partial charge in [-0.25, -0.2) is 0 Å². The molecule has 0 aromatic heterocycles. The van der Waals surface area contributed by atoms with E-state index in [1.807, 2.05) is 6.92 Å². The predicted octanol–water partition coefficient (Wildman–Crippen LogP) is 4.75. The molecule has 1 saturated heterocycles. The van der Waals surface area contributed by atoms with Crippen LogP contribution in [0.4, 0.5) is 5.69 Å². The molecule has 9 nitrogen and oxygen atoms in total. The van der Waals surface area contributed by atoms with Gasteiger partial charge in [0.05, 0.1) is 52.2 Å². The molecule has 1 atom stereocenters. The molecule has 1 aliphatic rings. The fourth-order valence-electron chi connectivity index (χ4n) is 4.45. The molecule has 3 aromatic rings. The number of nitrogens with zero attached hydrogens (tertiary/aromatic N) is 1. The SMILES string of the molecule is CCOc1cc(C2/C(=C(\O)c3cc(OC)ccc3OC)C(=O)C(=O)N2c2cccc(OC)c2)ccc1OC. The zero-order chi connectivity index (χ0) is 27.4. The van der Waals surface area contributed by atoms with Crippen LogP contribution in [0.25, 0.3) is 5.76 Å². The van der Waals surface area contributed by atoms with Gasteiger partial charge < -0.3 is 28.8 Å². The van der Waals surface area contributed by atoms with Crippen molar-refractivity contribution in [3.8, 4) is 28.7 Å². The Balaban J connectivity index is 2.01. The number of hydrogen-bond donors (Lipinski definition) is 1. The Morgan fingerprint density at radius 2 is 1.50 bits per heavy atom. The van der Waals surface area contributed by atoms with Crippen molar-refractivity contribution < 1.29 is 38.4 Å². The van der Waals surface area contributed by atoms with E-state index in [1.165, 1.54) is 33.3 Å². The first-order valence-electron chi connectivity index (χ1n) is 11.9. The van der Waals surface area contributed by atoms with Gasteiger partial charge in [0, 0.05) is 11.8 Å². The summed E-state index contributed by atoms with van der Waals surface area (Å²) in [5, 5.41) is 11.6. The third kappa shape index (κ3) is 4.70. The summed E-state index contributed by atoms with van der Waals surface area (Å²) in [5.74, 6) is 0.111. The number of ketones is 1. The lowest BCUT2D eigenvalue weighted by Crippen LogP contribution is -2.29. The quantitative estimate of drug-likeness (QED) is 0.246. The molecule has 1 fully saturated rings. The number of anilines is 1. The number of carbonyl (C=O) groups is 2. The van der Waals surface area contributed by atoms with E-state index < -0.39 is 23.5 Å². The van der Waals surface area contributed by atoms with Crippen molar-refractivity contribution in [1.82, 2.24) is 0 Å². The Morgan fingerprint density at radius 1 is 0.816 bits per heavy atom. The van der Waals surface area contributed by atoms with Gasteiger partial charge in [-0.3, -0.25) is 14.5 Å². The molecular formula is C29H29NO8. The van der Waals surface area contributed by atoms with Crippen molar-refractivity contribution in [2.75, 3.05) is 39.9 Å². The molecule has 1 amide bonds. The van der Waals surface area contributed by atoms with Crippen molar-refractivity contribution in [3.05, 3.63) is 77.4 Å². The summed E-state index contributed by atoms with van der Waals surface area (Å²) in [6, 6.07) is 15.7. The van der Waals surface area contributed by atoms with Gasteiger partial charge in [-0.1, -0.05) is 12.1 Å². The summed E-state index contributed by atoms with van der Waals surface area (Å²) < 4.78 is 27.3. The number of Topliss-reactive ketones (excluding diaryl/α,β-unsaturated/α-hetero) is 1. The Kier molecular flexibility index (Phi) is 7.76. The summed E-state index contributed by atoms with van der Waals surface area (Å²) in [6.07, 6.45) is 0. The normalized spacial score (nSPS) is 16.3. The highest BCUT2D eigenvalue weighted by molar-refractivity contribution is 6.51. The van der Waals surface area contributed by atoms with E-state index in [-0.39, 0.29) is 11.1 Å². The van der Waals surface area contributed by atoms with Gasteiger partial charge in [0.2, 0.25) is 0 Å². The van der Waals surface area contributed by atoms with Crippen LogP contribution in [0.15, 0.2) is 66.2 Å². The van der Waals surface area contributed by atoms with Crippen LogP contribution in [-0.2, 0) is 9.59 Å². The monoisotopic (exact) mass is 519 g/mol. The molecule has 9 heteroatoms. The van der Waals surface area contributed by atoms with Crippen molar-refractivity contribution in [1.29, 1.82) is 0 Å². The maximum Gasteiger partial charge on any atom is 0.300 e. The van der Waals surface area contributed by atoms with Crippen LogP contribution in [0.5, 0.6) is 28.7 Å². The molecule has 1 heterocycles. The Bertz CT molecular complexity index is 1400. The van der Waals surface area contributed by atoms with Crippen LogP contribution in [0, 0.1) is 0 Å². The number of aliphatic hydroxyl groups is 1. The summed E-state index contributed by atoms with van der Waals surface area (Å²) in [6.45, 7) is 2.21. The average Bonchev–Trinajstić information content (AvgIpc) is 3.22. The molecule has 0 saturated carbocycles. The Hall–Kier alpha value is -4.66. The topological polar surface area (TPSA) is 104 Å². The highest BCUT2D eigenvalue weighted by Gasteiger charge is 2.47. The van der Waals surface area contributed by atoms with Gasteiger partial charge in [0.1, 0.15) is 23.0 Å². The number of rotatable bonds is 9. The molecule has 0 spiro atoms. The van der Waals surface area contributed by atoms with Crippen molar-refractivity contribution in [2.24, 2.45) is 0 Å². The largest absolute Gasteiger partial charge is 0.507 e. The molecule has 0 radical (unpaired) electrons. The highest BCUT2D eigenvalue weighted by Crippen LogP contribution is 2.45. The van der Waals surface area contributed by atoms with Gasteiger partial charge in [0.15, 0.2) is 11.5 Å². The van der Waals surface area contributed by atoms with Crippen LogP contribution < -0.4 is 28.6 Å². The van der Waals surface area contributed by atoms with Gasteiger partial charge in [0.25, 0.3) is 11.7 Å². The lowest BCUT2D eigenvalue weighted by Gasteiger charge is -2.26. The number of aliphatic hydroxyl groups excluding tert-OH is 1. The van der Waals surface area contributed by atoms with E-state index in [9.17, 15) is 14.7 Å². The number of hydrogen-bond acceptors (Lipinski definition) is 8. The fraction of sp³-hybridized carbons (Fsp3) is 0.241. The van der Waals surface area contributed by atoms with E-state index in [0.29, 0.717) is 46.6 Å². The zero-order valence-corrected chi connectivity index (χ0v) is 21.8. The highest BCUT2D eigenvalue weighted by atomic mass is 16.5. The molecule has 1 N–H and O–H groups in total. The van der Waals surface area contributed by atoms with Crippen molar-refractivity contribution >= 4 is 23.1 Å². The van der Waals surface area contributed by atoms with Crippen LogP contribution in [0.1, 0.15) is 24.1 Å². The Morgan fingerprint density at radius 3 is 2.16 bits per heavy atom. The minimum absolute atomic E-state index is 0.114. The standard InChI is InChI=1S/C29H29NO8/c1-6-38-24-14-17(10-12-23(24)37-5)26-25(27(31)21-16-20(35-3)11-13-22(21)36-4)28(32)29(33)30(26)18-8-7-9-19(15-18)34-2/h7-16,26,31H,6H2,1-5H3/b27-25+. The van der Waals surface area contributed by atoms with E-state index in [2.05, 4.69) is 0 Å². The van der Waals surface area contributed by atoms with Gasteiger partial charge >= 0.3 is 0 Å². The third-order valence-electron chi connectivity index (χ3n) is 6.24. The third-order valence-corrected chi connectivity index (χ3v) is 6.24. The van der Waals surface area contributed by atoms with Crippen LogP contribution in [0.3, 0.4) is 0 Å². The summed E-state index contributed by atoms with van der Waals surface area (Å²) >= 11 is 0. The van der Waals surface area contributed by atoms with E-state index in [4.69, 9.17) is 23.7 Å². The summed E-state index contributed by atoms with van der Waals surface area (Å²) in [5.41, 5.74) is 1.04. The van der Waals surface area contributed by atoms with Crippen molar-refractivity contribution in [2.45, 2.75) is 13.0 Å². The number of amides is 1. The molecule has 0 aliphatic carbocycles. The second-order valence-corrected chi connectivity index (χ2v) is 8.28. The van der Waals surface area contributed by atoms with E-state index in [0.717, 1.165) is 0 Å². The first-order valence-corrected chi connectivity index (χ1v) is 11.9. The second-order valence-electron chi connectivity index (χ2n) is 8.28. The molecule has 0 bridgehead atoms. The predicted molar refractivity (Wildman–Crippen MR) is 141 cm³/mol. The van der Waals surface area contributed by atoms with Gasteiger partial charge in [-0.15, -0.1) is 0 Å². The lowest BCUT2D eigenvalue weighted by atomic mass is 9.94. The number of methoxy groups -OCH3 is 4. The smallest absolute Gasteiger partial charge is 0.300 e.